The minimum absolute atomic E-state index is 0.0868. The summed E-state index contributed by atoms with van der Waals surface area (Å²) in [6, 6.07) is 10.4. The molecule has 2 aromatic rings. The number of hydrogen-bond acceptors (Lipinski definition) is 3. The maximum absolute atomic E-state index is 12.1. The van der Waals surface area contributed by atoms with Gasteiger partial charge in [-0.25, -0.2) is 0 Å². The summed E-state index contributed by atoms with van der Waals surface area (Å²) < 4.78 is 11.4. The molecule has 0 amide bonds. The van der Waals surface area contributed by atoms with E-state index in [-0.39, 0.29) is 12.6 Å². The van der Waals surface area contributed by atoms with Crippen LogP contribution in [-0.4, -0.2) is 12.6 Å². The van der Waals surface area contributed by atoms with E-state index >= 15 is 0 Å². The normalized spacial score (nSPS) is 12.9. The molecule has 5 heteroatoms. The Balaban J connectivity index is 1.83. The van der Waals surface area contributed by atoms with Crippen molar-refractivity contribution in [1.29, 1.82) is 0 Å². The molecule has 3 rings (SSSR count). The molecule has 0 spiro atoms. The lowest BCUT2D eigenvalue weighted by Crippen LogP contribution is -1.93. The van der Waals surface area contributed by atoms with Gasteiger partial charge in [-0.2, -0.15) is 0 Å². The molecule has 0 aromatic heterocycles. The fourth-order valence-electron chi connectivity index (χ4n) is 1.94. The first kappa shape index (κ1) is 14.2. The Labute approximate surface area is 135 Å². The molecule has 2 aromatic carbocycles. The van der Waals surface area contributed by atoms with E-state index in [1.165, 1.54) is 6.08 Å². The number of carbonyl (C=O) groups is 1. The summed E-state index contributed by atoms with van der Waals surface area (Å²) in [4.78, 5) is 12.1. The predicted octanol–water partition coefficient (Wildman–Crippen LogP) is 4.73. The first-order valence-corrected chi connectivity index (χ1v) is 7.38. The largest absolute Gasteiger partial charge is 0.454 e. The second-order valence-electron chi connectivity index (χ2n) is 4.43. The lowest BCUT2D eigenvalue weighted by atomic mass is 10.1. The Kier molecular flexibility index (Phi) is 3.99. The number of rotatable bonds is 3. The third kappa shape index (κ3) is 3.12. The molecule has 0 N–H and O–H groups in total. The van der Waals surface area contributed by atoms with Gasteiger partial charge in [-0.3, -0.25) is 4.79 Å². The predicted molar refractivity (Wildman–Crippen MR) is 85.1 cm³/mol. The number of fused-ring (bicyclic) bond motifs is 1. The number of allylic oxidation sites excluding steroid dienone is 1. The first-order chi connectivity index (χ1) is 10.1. The third-order valence-electron chi connectivity index (χ3n) is 3.03. The van der Waals surface area contributed by atoms with Crippen molar-refractivity contribution >= 4 is 39.4 Å². The average molecular weight is 366 g/mol. The Bertz CT molecular complexity index is 723. The van der Waals surface area contributed by atoms with Gasteiger partial charge in [0.2, 0.25) is 6.79 Å². The molecule has 0 fully saturated rings. The summed E-state index contributed by atoms with van der Waals surface area (Å²) in [7, 11) is 0. The van der Waals surface area contributed by atoms with Gasteiger partial charge < -0.3 is 9.47 Å². The lowest BCUT2D eigenvalue weighted by molar-refractivity contribution is 0.104. The second kappa shape index (κ2) is 5.92. The molecule has 0 saturated heterocycles. The molecule has 0 atom stereocenters. The van der Waals surface area contributed by atoms with Gasteiger partial charge in [-0.15, -0.1) is 0 Å². The fraction of sp³-hybridized carbons (Fsp3) is 0.0625. The summed E-state index contributed by atoms with van der Waals surface area (Å²) in [5.41, 5.74) is 1.44. The van der Waals surface area contributed by atoms with Crippen molar-refractivity contribution < 1.29 is 14.3 Å². The van der Waals surface area contributed by atoms with Crippen LogP contribution < -0.4 is 9.47 Å². The quantitative estimate of drug-likeness (QED) is 0.583. The Morgan fingerprint density at radius 3 is 2.52 bits per heavy atom. The van der Waals surface area contributed by atoms with Crippen molar-refractivity contribution in [2.45, 2.75) is 0 Å². The van der Waals surface area contributed by atoms with Crippen molar-refractivity contribution in [2.75, 3.05) is 6.79 Å². The highest BCUT2D eigenvalue weighted by atomic mass is 79.9. The first-order valence-electron chi connectivity index (χ1n) is 6.20. The van der Waals surface area contributed by atoms with Crippen LogP contribution in [0.25, 0.3) is 6.08 Å². The molecule has 21 heavy (non-hydrogen) atoms. The van der Waals surface area contributed by atoms with Crippen molar-refractivity contribution in [3.05, 3.63) is 63.1 Å². The van der Waals surface area contributed by atoms with Gasteiger partial charge in [0.1, 0.15) is 0 Å². The molecule has 0 bridgehead atoms. The molecular weight excluding hydrogens is 356 g/mol. The van der Waals surface area contributed by atoms with Crippen LogP contribution in [0.5, 0.6) is 11.5 Å². The molecule has 0 aliphatic carbocycles. The molecular formula is C16H10BrClO3. The fourth-order valence-corrected chi connectivity index (χ4v) is 2.52. The van der Waals surface area contributed by atoms with Crippen LogP contribution in [0.3, 0.4) is 0 Å². The van der Waals surface area contributed by atoms with E-state index in [4.69, 9.17) is 21.1 Å². The zero-order valence-corrected chi connectivity index (χ0v) is 13.1. The van der Waals surface area contributed by atoms with E-state index in [1.54, 1.807) is 30.3 Å². The van der Waals surface area contributed by atoms with Crippen LogP contribution in [0.1, 0.15) is 15.9 Å². The summed E-state index contributed by atoms with van der Waals surface area (Å²) >= 11 is 9.25. The molecule has 0 saturated carbocycles. The highest BCUT2D eigenvalue weighted by Crippen LogP contribution is 2.37. The standard InChI is InChI=1S/C16H10BrClO3/c17-13-8-16-15(20-9-21-16)7-11(13)3-6-14(19)10-1-4-12(18)5-2-10/h1-8H,9H2. The van der Waals surface area contributed by atoms with Gasteiger partial charge in [0.15, 0.2) is 17.3 Å². The molecule has 106 valence electrons. The van der Waals surface area contributed by atoms with Gasteiger partial charge in [0, 0.05) is 15.1 Å². The van der Waals surface area contributed by atoms with Gasteiger partial charge in [-0.1, -0.05) is 27.5 Å². The SMILES string of the molecule is O=C(C=Cc1cc2c(cc1Br)OCO2)c1ccc(Cl)cc1. The highest BCUT2D eigenvalue weighted by molar-refractivity contribution is 9.10. The van der Waals surface area contributed by atoms with Crippen molar-refractivity contribution in [3.63, 3.8) is 0 Å². The maximum Gasteiger partial charge on any atom is 0.231 e. The van der Waals surface area contributed by atoms with E-state index in [1.807, 2.05) is 12.1 Å². The molecule has 1 aliphatic rings. The zero-order chi connectivity index (χ0) is 14.8. The van der Waals surface area contributed by atoms with Crippen LogP contribution in [0, 0.1) is 0 Å². The minimum Gasteiger partial charge on any atom is -0.454 e. The Morgan fingerprint density at radius 1 is 1.14 bits per heavy atom. The van der Waals surface area contributed by atoms with E-state index < -0.39 is 0 Å². The minimum atomic E-state index is -0.0868. The Morgan fingerprint density at radius 2 is 1.81 bits per heavy atom. The molecule has 0 unspecified atom stereocenters. The molecule has 1 heterocycles. The van der Waals surface area contributed by atoms with Crippen LogP contribution >= 0.6 is 27.5 Å². The maximum atomic E-state index is 12.1. The average Bonchev–Trinajstić information content (AvgIpc) is 2.92. The number of ketones is 1. The number of ether oxygens (including phenoxy) is 2. The third-order valence-corrected chi connectivity index (χ3v) is 3.97. The van der Waals surface area contributed by atoms with E-state index in [0.29, 0.717) is 22.1 Å². The van der Waals surface area contributed by atoms with Gasteiger partial charge >= 0.3 is 0 Å². The summed E-state index contributed by atoms with van der Waals surface area (Å²) in [5, 5.41) is 0.606. The zero-order valence-electron chi connectivity index (χ0n) is 10.8. The summed E-state index contributed by atoms with van der Waals surface area (Å²) in [5.74, 6) is 1.29. The molecule has 1 aliphatic heterocycles. The topological polar surface area (TPSA) is 35.5 Å². The number of hydrogen-bond donors (Lipinski definition) is 0. The van der Waals surface area contributed by atoms with Crippen LogP contribution in [0.2, 0.25) is 5.02 Å². The van der Waals surface area contributed by atoms with E-state index in [9.17, 15) is 4.79 Å². The van der Waals surface area contributed by atoms with Crippen LogP contribution in [0.15, 0.2) is 46.9 Å². The molecule has 0 radical (unpaired) electrons. The Hall–Kier alpha value is -1.78. The van der Waals surface area contributed by atoms with Crippen molar-refractivity contribution in [1.82, 2.24) is 0 Å². The number of carbonyl (C=O) groups excluding carboxylic acids is 1. The van der Waals surface area contributed by atoms with Crippen molar-refractivity contribution in [2.24, 2.45) is 0 Å². The highest BCUT2D eigenvalue weighted by Gasteiger charge is 2.15. The van der Waals surface area contributed by atoms with Crippen LogP contribution in [-0.2, 0) is 0 Å². The van der Waals surface area contributed by atoms with Crippen LogP contribution in [0.4, 0.5) is 0 Å². The smallest absolute Gasteiger partial charge is 0.231 e. The van der Waals surface area contributed by atoms with E-state index in [0.717, 1.165) is 10.0 Å². The van der Waals surface area contributed by atoms with E-state index in [2.05, 4.69) is 15.9 Å². The monoisotopic (exact) mass is 364 g/mol. The number of benzene rings is 2. The van der Waals surface area contributed by atoms with Gasteiger partial charge in [-0.05, 0) is 54.1 Å². The summed E-state index contributed by atoms with van der Waals surface area (Å²) in [6.45, 7) is 0.221. The lowest BCUT2D eigenvalue weighted by Gasteiger charge is -2.02. The molecule has 3 nitrogen and oxygen atoms in total. The summed E-state index contributed by atoms with van der Waals surface area (Å²) in [6.07, 6.45) is 3.26. The second-order valence-corrected chi connectivity index (χ2v) is 5.72. The van der Waals surface area contributed by atoms with Gasteiger partial charge in [0.25, 0.3) is 0 Å². The van der Waals surface area contributed by atoms with Crippen molar-refractivity contribution in [3.8, 4) is 11.5 Å². The number of halogens is 2. The van der Waals surface area contributed by atoms with Gasteiger partial charge in [0.05, 0.1) is 0 Å².